The maximum Gasteiger partial charge on any atom is 0.292 e. The minimum Gasteiger partial charge on any atom is -0.470 e. The molecule has 0 bridgehead atoms. The summed E-state index contributed by atoms with van der Waals surface area (Å²) in [4.78, 5) is 14.0. The van der Waals surface area contributed by atoms with Gasteiger partial charge in [-0.25, -0.2) is 4.39 Å². The van der Waals surface area contributed by atoms with Crippen LogP contribution in [-0.4, -0.2) is 47.4 Å². The summed E-state index contributed by atoms with van der Waals surface area (Å²) < 4.78 is 34.4. The summed E-state index contributed by atoms with van der Waals surface area (Å²) >= 11 is 0. The molecule has 0 unspecified atom stereocenters. The molecule has 1 aliphatic heterocycles. The van der Waals surface area contributed by atoms with Crippen molar-refractivity contribution >= 4 is 5.91 Å². The maximum absolute atomic E-state index is 13.2. The monoisotopic (exact) mass is 387 g/mol. The summed E-state index contributed by atoms with van der Waals surface area (Å²) in [5.74, 6) is 0.285. The molecule has 3 heterocycles. The molecule has 0 atom stereocenters. The Kier molecular flexibility index (Phi) is 5.07. The van der Waals surface area contributed by atoms with E-state index >= 15 is 0 Å². The molecule has 1 saturated heterocycles. The summed E-state index contributed by atoms with van der Waals surface area (Å²) in [6, 6.07) is 7.39. The highest BCUT2D eigenvalue weighted by Crippen LogP contribution is 2.27. The number of benzene rings is 1. The van der Waals surface area contributed by atoms with Gasteiger partial charge in [-0.05, 0) is 36.3 Å². The third kappa shape index (κ3) is 3.74. The molecular formula is C19H18FN3O5. The third-order valence-corrected chi connectivity index (χ3v) is 4.46. The van der Waals surface area contributed by atoms with Gasteiger partial charge >= 0.3 is 0 Å². The van der Waals surface area contributed by atoms with Gasteiger partial charge in [0.05, 0.1) is 24.8 Å². The number of nitrogens with zero attached hydrogens (tertiary/aromatic N) is 3. The normalized spacial score (nSPS) is 14.3. The molecule has 0 aliphatic carbocycles. The highest BCUT2D eigenvalue weighted by atomic mass is 19.1. The lowest BCUT2D eigenvalue weighted by atomic mass is 10.1. The molecule has 2 aromatic heterocycles. The molecule has 0 saturated carbocycles. The van der Waals surface area contributed by atoms with Crippen molar-refractivity contribution in [2.45, 2.75) is 13.5 Å². The van der Waals surface area contributed by atoms with E-state index in [1.165, 1.54) is 18.2 Å². The minimum atomic E-state index is -0.332. The number of hydrogen-bond acceptors (Lipinski definition) is 7. The highest BCUT2D eigenvalue weighted by molar-refractivity contribution is 5.91. The molecular weight excluding hydrogens is 369 g/mol. The van der Waals surface area contributed by atoms with E-state index in [1.54, 1.807) is 24.0 Å². The number of ether oxygens (including phenoxy) is 2. The summed E-state index contributed by atoms with van der Waals surface area (Å²) in [6.45, 7) is 3.90. The molecule has 1 aliphatic rings. The van der Waals surface area contributed by atoms with Gasteiger partial charge in [0.2, 0.25) is 5.76 Å². The number of hydrogen-bond donors (Lipinski definition) is 0. The largest absolute Gasteiger partial charge is 0.470 e. The maximum atomic E-state index is 13.2. The lowest BCUT2D eigenvalue weighted by Crippen LogP contribution is -2.40. The first-order chi connectivity index (χ1) is 13.6. The van der Waals surface area contributed by atoms with Crippen molar-refractivity contribution in [3.05, 3.63) is 53.2 Å². The van der Waals surface area contributed by atoms with Gasteiger partial charge in [0.1, 0.15) is 23.9 Å². The zero-order valence-electron chi connectivity index (χ0n) is 15.2. The summed E-state index contributed by atoms with van der Waals surface area (Å²) in [5.41, 5.74) is 1.97. The fourth-order valence-corrected chi connectivity index (χ4v) is 2.89. The average molecular weight is 387 g/mol. The van der Waals surface area contributed by atoms with Gasteiger partial charge in [-0.15, -0.1) is 0 Å². The first-order valence-electron chi connectivity index (χ1n) is 8.79. The lowest BCUT2D eigenvalue weighted by molar-refractivity contribution is 0.0277. The van der Waals surface area contributed by atoms with E-state index in [-0.39, 0.29) is 30.0 Å². The van der Waals surface area contributed by atoms with E-state index < -0.39 is 0 Å². The second-order valence-corrected chi connectivity index (χ2v) is 6.30. The van der Waals surface area contributed by atoms with Crippen LogP contribution in [0.4, 0.5) is 4.39 Å². The van der Waals surface area contributed by atoms with Crippen LogP contribution in [0.15, 0.2) is 39.4 Å². The molecule has 146 valence electrons. The van der Waals surface area contributed by atoms with Gasteiger partial charge in [0, 0.05) is 18.7 Å². The molecule has 1 fully saturated rings. The molecule has 0 spiro atoms. The van der Waals surface area contributed by atoms with Crippen LogP contribution in [0.1, 0.15) is 21.9 Å². The zero-order valence-corrected chi connectivity index (χ0v) is 15.2. The van der Waals surface area contributed by atoms with Gasteiger partial charge in [-0.1, -0.05) is 5.16 Å². The number of aromatic nitrogens is 2. The van der Waals surface area contributed by atoms with Crippen LogP contribution in [-0.2, 0) is 11.3 Å². The average Bonchev–Trinajstić information content (AvgIpc) is 3.34. The van der Waals surface area contributed by atoms with E-state index in [0.29, 0.717) is 48.9 Å². The fraction of sp³-hybridized carbons (Fsp3) is 0.316. The van der Waals surface area contributed by atoms with Crippen LogP contribution in [0.2, 0.25) is 0 Å². The summed E-state index contributed by atoms with van der Waals surface area (Å²) in [5, 5.41) is 7.83. The van der Waals surface area contributed by atoms with Crippen molar-refractivity contribution in [1.29, 1.82) is 0 Å². The van der Waals surface area contributed by atoms with Gasteiger partial charge < -0.3 is 23.4 Å². The molecule has 1 aromatic carbocycles. The molecule has 0 N–H and O–H groups in total. The highest BCUT2D eigenvalue weighted by Gasteiger charge is 2.23. The molecule has 4 rings (SSSR count). The Balaban J connectivity index is 1.45. The number of carbonyl (C=O) groups is 1. The van der Waals surface area contributed by atoms with Gasteiger partial charge in [-0.2, -0.15) is 0 Å². The van der Waals surface area contributed by atoms with Crippen molar-refractivity contribution in [2.75, 3.05) is 26.3 Å². The van der Waals surface area contributed by atoms with Crippen molar-refractivity contribution in [3.63, 3.8) is 0 Å². The quantitative estimate of drug-likeness (QED) is 0.665. The lowest BCUT2D eigenvalue weighted by Gasteiger charge is -2.25. The number of halogens is 1. The van der Waals surface area contributed by atoms with E-state index in [0.717, 1.165) is 0 Å². The van der Waals surface area contributed by atoms with Crippen molar-refractivity contribution in [3.8, 4) is 17.1 Å². The number of morpholine rings is 1. The Hall–Kier alpha value is -3.20. The predicted octanol–water partition coefficient (Wildman–Crippen LogP) is 2.83. The van der Waals surface area contributed by atoms with Crippen LogP contribution < -0.4 is 4.74 Å². The van der Waals surface area contributed by atoms with Crippen LogP contribution in [0.5, 0.6) is 5.88 Å². The van der Waals surface area contributed by atoms with E-state index in [4.69, 9.17) is 18.5 Å². The van der Waals surface area contributed by atoms with Crippen molar-refractivity contribution in [1.82, 2.24) is 15.2 Å². The first kappa shape index (κ1) is 18.2. The van der Waals surface area contributed by atoms with Crippen LogP contribution >= 0.6 is 0 Å². The van der Waals surface area contributed by atoms with Crippen LogP contribution in [0, 0.1) is 12.7 Å². The molecule has 9 heteroatoms. The van der Waals surface area contributed by atoms with E-state index in [1.807, 2.05) is 0 Å². The zero-order chi connectivity index (χ0) is 19.5. The second-order valence-electron chi connectivity index (χ2n) is 6.30. The van der Waals surface area contributed by atoms with Gasteiger partial charge in [0.15, 0.2) is 0 Å². The molecule has 28 heavy (non-hydrogen) atoms. The fourth-order valence-electron chi connectivity index (χ4n) is 2.89. The first-order valence-corrected chi connectivity index (χ1v) is 8.79. The summed E-state index contributed by atoms with van der Waals surface area (Å²) in [6.07, 6.45) is 0. The number of amides is 1. The molecule has 8 nitrogen and oxygen atoms in total. The Labute approximate surface area is 159 Å². The van der Waals surface area contributed by atoms with Gasteiger partial charge in [0.25, 0.3) is 11.8 Å². The van der Waals surface area contributed by atoms with Crippen molar-refractivity contribution < 1.29 is 27.7 Å². The molecule has 3 aromatic rings. The summed E-state index contributed by atoms with van der Waals surface area (Å²) in [7, 11) is 0. The topological polar surface area (TPSA) is 90.8 Å². The van der Waals surface area contributed by atoms with E-state index in [2.05, 4.69) is 10.3 Å². The minimum absolute atomic E-state index is 0.109. The Morgan fingerprint density at radius 2 is 1.93 bits per heavy atom. The smallest absolute Gasteiger partial charge is 0.292 e. The standard InChI is InChI=1S/C19H18FN3O5/c1-12-15(18(22-27-12)13-2-4-14(20)5-3-13)11-26-17-10-16(28-21-17)19(24)23-6-8-25-9-7-23/h2-5,10H,6-9,11H2,1H3. The molecule has 0 radical (unpaired) electrons. The predicted molar refractivity (Wildman–Crippen MR) is 94.2 cm³/mol. The van der Waals surface area contributed by atoms with Crippen molar-refractivity contribution in [2.24, 2.45) is 0 Å². The third-order valence-electron chi connectivity index (χ3n) is 4.46. The number of carbonyl (C=O) groups excluding carboxylic acids is 1. The Morgan fingerprint density at radius 3 is 2.68 bits per heavy atom. The SMILES string of the molecule is Cc1onc(-c2ccc(F)cc2)c1COc1cc(C(=O)N2CCOCC2)on1. The van der Waals surface area contributed by atoms with Gasteiger partial charge in [-0.3, -0.25) is 4.79 Å². The Morgan fingerprint density at radius 1 is 1.18 bits per heavy atom. The van der Waals surface area contributed by atoms with Crippen LogP contribution in [0.3, 0.4) is 0 Å². The molecule has 1 amide bonds. The number of aryl methyl sites for hydroxylation is 1. The van der Waals surface area contributed by atoms with E-state index in [9.17, 15) is 9.18 Å². The van der Waals surface area contributed by atoms with Crippen LogP contribution in [0.25, 0.3) is 11.3 Å². The number of rotatable bonds is 5. The Bertz CT molecular complexity index is 960. The second kappa shape index (κ2) is 7.81.